The Morgan fingerprint density at radius 3 is 2.81 bits per heavy atom. The van der Waals surface area contributed by atoms with Gasteiger partial charge in [-0.3, -0.25) is 9.69 Å². The maximum atomic E-state index is 13.7. The van der Waals surface area contributed by atoms with Crippen molar-refractivity contribution in [2.75, 3.05) is 18.4 Å². The van der Waals surface area contributed by atoms with Crippen LogP contribution in [0.15, 0.2) is 45.4 Å². The maximum Gasteiger partial charge on any atom is 0.283 e. The Hall–Kier alpha value is -3.07. The van der Waals surface area contributed by atoms with Gasteiger partial charge >= 0.3 is 0 Å². The minimum Gasteiger partial charge on any atom is -0.459 e. The third-order valence-corrected chi connectivity index (χ3v) is 3.67. The average molecular weight is 376 g/mol. The number of nitrogens with zero attached hydrogens (tertiary/aromatic N) is 3. The van der Waals surface area contributed by atoms with Gasteiger partial charge in [-0.15, -0.1) is 10.2 Å². The van der Waals surface area contributed by atoms with E-state index in [2.05, 4.69) is 15.5 Å². The van der Waals surface area contributed by atoms with E-state index >= 15 is 0 Å². The molecule has 0 atom stereocenters. The number of halogens is 2. The number of rotatable bonds is 8. The molecule has 0 aliphatic heterocycles. The molecule has 2 heterocycles. The molecule has 3 aromatic rings. The highest BCUT2D eigenvalue weighted by atomic mass is 19.1. The first-order chi connectivity index (χ1) is 13.0. The summed E-state index contributed by atoms with van der Waals surface area (Å²) < 4.78 is 37.4. The third-order valence-electron chi connectivity index (χ3n) is 3.67. The number of hydrogen-bond donors (Lipinski definition) is 1. The van der Waals surface area contributed by atoms with Crippen molar-refractivity contribution in [3.8, 4) is 11.7 Å². The van der Waals surface area contributed by atoms with Crippen molar-refractivity contribution in [1.29, 1.82) is 0 Å². The van der Waals surface area contributed by atoms with Crippen molar-refractivity contribution < 1.29 is 22.4 Å². The molecule has 1 aromatic carbocycles. The molecule has 0 radical (unpaired) electrons. The van der Waals surface area contributed by atoms with Gasteiger partial charge in [-0.1, -0.05) is 6.92 Å². The molecule has 1 N–H and O–H groups in total. The van der Waals surface area contributed by atoms with Gasteiger partial charge in [0, 0.05) is 6.07 Å². The Bertz CT molecular complexity index is 896. The van der Waals surface area contributed by atoms with Crippen LogP contribution in [0.4, 0.5) is 14.5 Å². The number of hydrogen-bond acceptors (Lipinski definition) is 6. The Labute approximate surface area is 154 Å². The van der Waals surface area contributed by atoms with Crippen LogP contribution in [0.3, 0.4) is 0 Å². The molecule has 2 aromatic heterocycles. The first-order valence-electron chi connectivity index (χ1n) is 8.38. The number of benzene rings is 1. The van der Waals surface area contributed by atoms with Crippen LogP contribution < -0.4 is 5.32 Å². The van der Waals surface area contributed by atoms with Crippen LogP contribution in [0.25, 0.3) is 11.7 Å². The summed E-state index contributed by atoms with van der Waals surface area (Å²) in [7, 11) is 0. The molecular weight excluding hydrogens is 358 g/mol. The van der Waals surface area contributed by atoms with Crippen LogP contribution in [0.2, 0.25) is 0 Å². The fourth-order valence-corrected chi connectivity index (χ4v) is 2.52. The Kier molecular flexibility index (Phi) is 5.92. The fourth-order valence-electron chi connectivity index (χ4n) is 2.52. The van der Waals surface area contributed by atoms with E-state index in [1.165, 1.54) is 12.3 Å². The van der Waals surface area contributed by atoms with E-state index < -0.39 is 17.5 Å². The van der Waals surface area contributed by atoms with Crippen molar-refractivity contribution in [3.05, 3.63) is 54.1 Å². The van der Waals surface area contributed by atoms with Gasteiger partial charge in [0.25, 0.3) is 5.89 Å². The van der Waals surface area contributed by atoms with Gasteiger partial charge in [-0.2, -0.15) is 0 Å². The summed E-state index contributed by atoms with van der Waals surface area (Å²) in [6, 6.07) is 6.39. The van der Waals surface area contributed by atoms with Crippen molar-refractivity contribution >= 4 is 11.6 Å². The minimum absolute atomic E-state index is 0.0108. The monoisotopic (exact) mass is 376 g/mol. The topological polar surface area (TPSA) is 84.4 Å². The Morgan fingerprint density at radius 1 is 1.26 bits per heavy atom. The van der Waals surface area contributed by atoms with Gasteiger partial charge in [-0.25, -0.2) is 8.78 Å². The van der Waals surface area contributed by atoms with Gasteiger partial charge in [-0.05, 0) is 37.2 Å². The predicted octanol–water partition coefficient (Wildman–Crippen LogP) is 3.46. The zero-order valence-corrected chi connectivity index (χ0v) is 14.6. The van der Waals surface area contributed by atoms with Crippen LogP contribution in [0.5, 0.6) is 0 Å². The predicted molar refractivity (Wildman–Crippen MR) is 92.6 cm³/mol. The summed E-state index contributed by atoms with van der Waals surface area (Å²) in [4.78, 5) is 14.0. The summed E-state index contributed by atoms with van der Waals surface area (Å²) in [5, 5.41) is 10.3. The van der Waals surface area contributed by atoms with E-state index in [1.54, 1.807) is 17.0 Å². The van der Waals surface area contributed by atoms with E-state index in [9.17, 15) is 13.6 Å². The number of carbonyl (C=O) groups excluding carboxylic acids is 1. The number of carbonyl (C=O) groups is 1. The third kappa shape index (κ3) is 4.98. The molecule has 0 aliphatic rings. The van der Waals surface area contributed by atoms with Crippen molar-refractivity contribution in [3.63, 3.8) is 0 Å². The molecule has 3 rings (SSSR count). The van der Waals surface area contributed by atoms with Crippen molar-refractivity contribution in [2.24, 2.45) is 0 Å². The molecule has 0 unspecified atom stereocenters. The Balaban J connectivity index is 1.62. The standard InChI is InChI=1S/C18H18F2N4O3/c1-2-7-24(10-16(25)21-14-6-5-12(19)9-13(14)20)11-17-22-23-18(27-17)15-4-3-8-26-15/h3-6,8-9H,2,7,10-11H2,1H3,(H,21,25). The van der Waals surface area contributed by atoms with E-state index in [1.807, 2.05) is 6.92 Å². The van der Waals surface area contributed by atoms with Gasteiger partial charge in [0.15, 0.2) is 5.76 Å². The van der Waals surface area contributed by atoms with Crippen molar-refractivity contribution in [1.82, 2.24) is 15.1 Å². The number of furan rings is 1. The first-order valence-corrected chi connectivity index (χ1v) is 8.38. The van der Waals surface area contributed by atoms with Gasteiger partial charge < -0.3 is 14.2 Å². The second-order valence-electron chi connectivity index (χ2n) is 5.86. The first kappa shape index (κ1) is 18.7. The number of aromatic nitrogens is 2. The van der Waals surface area contributed by atoms with Gasteiger partial charge in [0.2, 0.25) is 11.8 Å². The second-order valence-corrected chi connectivity index (χ2v) is 5.86. The Morgan fingerprint density at radius 2 is 2.11 bits per heavy atom. The van der Waals surface area contributed by atoms with Crippen LogP contribution in [-0.2, 0) is 11.3 Å². The highest BCUT2D eigenvalue weighted by Crippen LogP contribution is 2.19. The summed E-state index contributed by atoms with van der Waals surface area (Å²) in [6.07, 6.45) is 2.29. The quantitative estimate of drug-likeness (QED) is 0.648. The molecule has 0 fully saturated rings. The van der Waals surface area contributed by atoms with E-state index in [0.717, 1.165) is 12.5 Å². The lowest BCUT2D eigenvalue weighted by molar-refractivity contribution is -0.117. The summed E-state index contributed by atoms with van der Waals surface area (Å²) in [5.74, 6) is -0.924. The highest BCUT2D eigenvalue weighted by Gasteiger charge is 2.17. The SMILES string of the molecule is CCCN(CC(=O)Nc1ccc(F)cc1F)Cc1nnc(-c2ccco2)o1. The van der Waals surface area contributed by atoms with E-state index in [-0.39, 0.29) is 24.7 Å². The zero-order chi connectivity index (χ0) is 19.2. The van der Waals surface area contributed by atoms with Gasteiger partial charge in [0.05, 0.1) is 25.0 Å². The smallest absolute Gasteiger partial charge is 0.283 e. The maximum absolute atomic E-state index is 13.7. The van der Waals surface area contributed by atoms with Crippen molar-refractivity contribution in [2.45, 2.75) is 19.9 Å². The normalized spacial score (nSPS) is 11.1. The summed E-state index contributed by atoms with van der Waals surface area (Å²) in [5.41, 5.74) is -0.0734. The van der Waals surface area contributed by atoms with Crippen LogP contribution in [0, 0.1) is 11.6 Å². The van der Waals surface area contributed by atoms with Crippen LogP contribution in [-0.4, -0.2) is 34.1 Å². The lowest BCUT2D eigenvalue weighted by atomic mass is 10.3. The minimum atomic E-state index is -0.828. The lowest BCUT2D eigenvalue weighted by Crippen LogP contribution is -2.33. The van der Waals surface area contributed by atoms with Crippen LogP contribution >= 0.6 is 0 Å². The fraction of sp³-hybridized carbons (Fsp3) is 0.278. The lowest BCUT2D eigenvalue weighted by Gasteiger charge is -2.19. The summed E-state index contributed by atoms with van der Waals surface area (Å²) in [6.45, 7) is 2.80. The molecule has 0 saturated heterocycles. The van der Waals surface area contributed by atoms with E-state index in [4.69, 9.17) is 8.83 Å². The summed E-state index contributed by atoms with van der Waals surface area (Å²) >= 11 is 0. The zero-order valence-electron chi connectivity index (χ0n) is 14.6. The van der Waals surface area contributed by atoms with Crippen LogP contribution in [0.1, 0.15) is 19.2 Å². The molecule has 0 spiro atoms. The molecule has 0 bridgehead atoms. The molecular formula is C18H18F2N4O3. The number of amides is 1. The number of nitrogens with one attached hydrogen (secondary N) is 1. The molecule has 1 amide bonds. The molecule has 0 aliphatic carbocycles. The molecule has 7 nitrogen and oxygen atoms in total. The number of anilines is 1. The second kappa shape index (κ2) is 8.54. The van der Waals surface area contributed by atoms with Gasteiger partial charge in [0.1, 0.15) is 11.6 Å². The van der Waals surface area contributed by atoms with E-state index in [0.29, 0.717) is 24.3 Å². The molecule has 9 heteroatoms. The molecule has 142 valence electrons. The average Bonchev–Trinajstić information content (AvgIpc) is 3.29. The largest absolute Gasteiger partial charge is 0.459 e. The molecule has 27 heavy (non-hydrogen) atoms. The highest BCUT2D eigenvalue weighted by molar-refractivity contribution is 5.92. The molecule has 0 saturated carbocycles.